The molecule has 0 amide bonds. The number of aryl methyl sites for hydroxylation is 1. The van der Waals surface area contributed by atoms with Gasteiger partial charge in [-0.25, -0.2) is 4.98 Å². The molecule has 34 heavy (non-hydrogen) atoms. The van der Waals surface area contributed by atoms with Crippen LogP contribution in [0.1, 0.15) is 37.6 Å². The minimum Gasteiger partial charge on any atom is -0.484 e. The van der Waals surface area contributed by atoms with Gasteiger partial charge in [0.2, 0.25) is 5.75 Å². The van der Waals surface area contributed by atoms with Crippen molar-refractivity contribution in [1.82, 2.24) is 14.5 Å². The van der Waals surface area contributed by atoms with Crippen LogP contribution in [-0.4, -0.2) is 46.2 Å². The molecule has 9 heteroatoms. The maximum absolute atomic E-state index is 13.1. The lowest BCUT2D eigenvalue weighted by Crippen LogP contribution is -2.61. The largest absolute Gasteiger partial charge is 0.484 e. The number of hydrogen-bond donors (Lipinski definition) is 0. The van der Waals surface area contributed by atoms with Crippen molar-refractivity contribution in [1.29, 1.82) is 5.26 Å². The molecule has 1 unspecified atom stereocenters. The van der Waals surface area contributed by atoms with Crippen LogP contribution < -0.4 is 15.2 Å². The molecule has 176 valence electrons. The maximum Gasteiger partial charge on any atom is 0.295 e. The Labute approximate surface area is 208 Å². The van der Waals surface area contributed by atoms with E-state index in [0.29, 0.717) is 51.4 Å². The first kappa shape index (κ1) is 23.0. The van der Waals surface area contributed by atoms with Gasteiger partial charge in [-0.3, -0.25) is 9.69 Å². The van der Waals surface area contributed by atoms with Gasteiger partial charge in [-0.05, 0) is 43.2 Å². The molecule has 1 saturated heterocycles. The summed E-state index contributed by atoms with van der Waals surface area (Å²) in [5.41, 5.74) is 3.26. The molecule has 0 spiro atoms. The monoisotopic (exact) mass is 497 g/mol. The van der Waals surface area contributed by atoms with Crippen LogP contribution in [0.4, 0.5) is 5.69 Å². The molecule has 0 N–H and O–H groups in total. The summed E-state index contributed by atoms with van der Waals surface area (Å²) in [5.74, 6) is 0.311. The highest BCUT2D eigenvalue weighted by Gasteiger charge is 2.41. The molecule has 1 aromatic carbocycles. The second-order valence-electron chi connectivity index (χ2n) is 8.98. The molecule has 5 rings (SSSR count). The molecular weight excluding hydrogens is 473 g/mol. The van der Waals surface area contributed by atoms with Gasteiger partial charge < -0.3 is 14.2 Å². The van der Waals surface area contributed by atoms with Gasteiger partial charge in [-0.15, -0.1) is 0 Å². The topological polar surface area (TPSA) is 74.4 Å². The summed E-state index contributed by atoms with van der Waals surface area (Å²) in [6.07, 6.45) is 0.920. The molecule has 2 aliphatic rings. The number of piperazine rings is 1. The third-order valence-corrected chi connectivity index (χ3v) is 7.74. The predicted molar refractivity (Wildman–Crippen MR) is 134 cm³/mol. The number of halogens is 2. The van der Waals surface area contributed by atoms with Gasteiger partial charge in [0.1, 0.15) is 29.6 Å². The van der Waals surface area contributed by atoms with Gasteiger partial charge in [0.05, 0.1) is 21.6 Å². The SMILES string of the molecule is CCC(c1ccc(Cl)c(Cl)c1)N1C[C@H]2COc3c(c4nc(C#N)ccc4n(C)c3=O)N2C[C@H]1C. The van der Waals surface area contributed by atoms with E-state index in [4.69, 9.17) is 27.9 Å². The first-order valence-corrected chi connectivity index (χ1v) is 12.1. The summed E-state index contributed by atoms with van der Waals surface area (Å²) in [7, 11) is 1.71. The number of aromatic nitrogens is 2. The van der Waals surface area contributed by atoms with Crippen molar-refractivity contribution >= 4 is 39.9 Å². The number of benzene rings is 1. The zero-order valence-corrected chi connectivity index (χ0v) is 20.8. The zero-order valence-electron chi connectivity index (χ0n) is 19.3. The van der Waals surface area contributed by atoms with E-state index in [1.54, 1.807) is 23.7 Å². The number of ether oxygens (including phenoxy) is 1. The van der Waals surface area contributed by atoms with Crippen LogP contribution in [0.3, 0.4) is 0 Å². The fourth-order valence-electron chi connectivity index (χ4n) is 5.30. The Morgan fingerprint density at radius 2 is 2.03 bits per heavy atom. The van der Waals surface area contributed by atoms with E-state index in [2.05, 4.69) is 34.7 Å². The van der Waals surface area contributed by atoms with Crippen molar-refractivity contribution in [2.24, 2.45) is 7.05 Å². The average Bonchev–Trinajstić information content (AvgIpc) is 2.84. The number of pyridine rings is 2. The Morgan fingerprint density at radius 1 is 1.24 bits per heavy atom. The van der Waals surface area contributed by atoms with Gasteiger partial charge in [0.15, 0.2) is 0 Å². The third kappa shape index (κ3) is 3.61. The fourth-order valence-corrected chi connectivity index (χ4v) is 5.60. The van der Waals surface area contributed by atoms with Gasteiger partial charge in [-0.2, -0.15) is 5.26 Å². The zero-order chi connectivity index (χ0) is 24.1. The first-order chi connectivity index (χ1) is 16.3. The Kier molecular flexibility index (Phi) is 5.93. The number of nitrogens with zero attached hydrogens (tertiary/aromatic N) is 5. The number of hydrogen-bond acceptors (Lipinski definition) is 6. The molecule has 3 atom stereocenters. The molecule has 0 radical (unpaired) electrons. The lowest BCUT2D eigenvalue weighted by Gasteiger charge is -2.51. The second kappa shape index (κ2) is 8.77. The lowest BCUT2D eigenvalue weighted by molar-refractivity contribution is 0.0823. The van der Waals surface area contributed by atoms with E-state index in [1.807, 2.05) is 18.2 Å². The number of rotatable bonds is 3. The Balaban J connectivity index is 1.56. The second-order valence-corrected chi connectivity index (χ2v) is 9.79. The molecule has 0 aliphatic carbocycles. The highest BCUT2D eigenvalue weighted by atomic mass is 35.5. The van der Waals surface area contributed by atoms with Crippen LogP contribution in [0.25, 0.3) is 11.0 Å². The van der Waals surface area contributed by atoms with Gasteiger partial charge in [0.25, 0.3) is 5.56 Å². The standard InChI is InChI=1S/C25H25Cl2N5O2/c1-4-20(15-5-7-18(26)19(27)9-15)31-12-17-13-34-24-23(32(17)11-14(31)2)22-21(30(3)25(24)33)8-6-16(10-28)29-22/h5-9,14,17,20H,4,11-13H2,1-3H3/t14-,17+,20?/m1/s1. The fraction of sp³-hybridized carbons (Fsp3) is 0.400. The molecule has 0 bridgehead atoms. The number of anilines is 1. The molecule has 7 nitrogen and oxygen atoms in total. The predicted octanol–water partition coefficient (Wildman–Crippen LogP) is 4.53. The van der Waals surface area contributed by atoms with E-state index in [0.717, 1.165) is 18.5 Å². The van der Waals surface area contributed by atoms with Gasteiger partial charge in [-0.1, -0.05) is 36.2 Å². The van der Waals surface area contributed by atoms with Crippen molar-refractivity contribution in [2.45, 2.75) is 38.4 Å². The van der Waals surface area contributed by atoms with Crippen LogP contribution in [0, 0.1) is 11.3 Å². The van der Waals surface area contributed by atoms with Crippen LogP contribution in [0.15, 0.2) is 35.1 Å². The minimum atomic E-state index is -0.190. The maximum atomic E-state index is 13.1. The summed E-state index contributed by atoms with van der Waals surface area (Å²) < 4.78 is 7.60. The minimum absolute atomic E-state index is 0.0448. The molecular formula is C25H25Cl2N5O2. The molecule has 2 aliphatic heterocycles. The average molecular weight is 498 g/mol. The third-order valence-electron chi connectivity index (χ3n) is 7.00. The number of nitriles is 1. The van der Waals surface area contributed by atoms with Crippen molar-refractivity contribution in [2.75, 3.05) is 24.6 Å². The number of fused-ring (bicyclic) bond motifs is 5. The molecule has 3 aromatic rings. The van der Waals surface area contributed by atoms with E-state index in [1.165, 1.54) is 0 Å². The summed E-state index contributed by atoms with van der Waals surface area (Å²) in [4.78, 5) is 22.4. The van der Waals surface area contributed by atoms with E-state index >= 15 is 0 Å². The van der Waals surface area contributed by atoms with Crippen LogP contribution in [-0.2, 0) is 7.05 Å². The lowest BCUT2D eigenvalue weighted by atomic mass is 9.96. The van der Waals surface area contributed by atoms with E-state index < -0.39 is 0 Å². The van der Waals surface area contributed by atoms with Crippen LogP contribution in [0.2, 0.25) is 10.0 Å². The van der Waals surface area contributed by atoms with Gasteiger partial charge >= 0.3 is 0 Å². The van der Waals surface area contributed by atoms with Crippen molar-refractivity contribution in [3.63, 3.8) is 0 Å². The molecule has 2 aromatic heterocycles. The van der Waals surface area contributed by atoms with E-state index in [9.17, 15) is 10.1 Å². The molecule has 4 heterocycles. The molecule has 1 fully saturated rings. The van der Waals surface area contributed by atoms with E-state index in [-0.39, 0.29) is 23.7 Å². The smallest absolute Gasteiger partial charge is 0.295 e. The highest BCUT2D eigenvalue weighted by molar-refractivity contribution is 6.42. The van der Waals surface area contributed by atoms with Crippen molar-refractivity contribution in [3.8, 4) is 11.8 Å². The normalized spacial score (nSPS) is 20.9. The summed E-state index contributed by atoms with van der Waals surface area (Å²) >= 11 is 12.5. The Bertz CT molecular complexity index is 1380. The quantitative estimate of drug-likeness (QED) is 0.528. The van der Waals surface area contributed by atoms with Crippen molar-refractivity contribution < 1.29 is 4.74 Å². The molecule has 0 saturated carbocycles. The van der Waals surface area contributed by atoms with Crippen LogP contribution >= 0.6 is 23.2 Å². The summed E-state index contributed by atoms with van der Waals surface area (Å²) in [6, 6.07) is 11.8. The summed E-state index contributed by atoms with van der Waals surface area (Å²) in [5, 5.41) is 10.5. The highest BCUT2D eigenvalue weighted by Crippen LogP contribution is 2.41. The van der Waals surface area contributed by atoms with Crippen molar-refractivity contribution in [3.05, 3.63) is 62.0 Å². The first-order valence-electron chi connectivity index (χ1n) is 11.4. The Hall–Kier alpha value is -2.79. The summed E-state index contributed by atoms with van der Waals surface area (Å²) in [6.45, 7) is 6.24. The van der Waals surface area contributed by atoms with Gasteiger partial charge in [0, 0.05) is 32.2 Å². The Morgan fingerprint density at radius 3 is 2.74 bits per heavy atom. The van der Waals surface area contributed by atoms with Crippen LogP contribution in [0.5, 0.6) is 5.75 Å².